The van der Waals surface area contributed by atoms with E-state index in [0.29, 0.717) is 5.56 Å². The van der Waals surface area contributed by atoms with Gasteiger partial charge in [0.15, 0.2) is 0 Å². The van der Waals surface area contributed by atoms with Crippen molar-refractivity contribution in [3.05, 3.63) is 29.8 Å². The molecule has 0 atom stereocenters. The molecule has 4 N–H and O–H groups in total. The third-order valence-corrected chi connectivity index (χ3v) is 2.61. The van der Waals surface area contributed by atoms with E-state index in [1.54, 1.807) is 31.3 Å². The zero-order valence-electron chi connectivity index (χ0n) is 10.9. The van der Waals surface area contributed by atoms with Crippen LogP contribution in [0.2, 0.25) is 0 Å². The van der Waals surface area contributed by atoms with Crippen LogP contribution in [-0.2, 0) is 9.59 Å². The Hall–Kier alpha value is -2.57. The second-order valence-corrected chi connectivity index (χ2v) is 4.19. The molecule has 0 saturated carbocycles. The number of hydrogen-bond acceptors (Lipinski definition) is 4. The molecule has 7 nitrogen and oxygen atoms in total. The highest BCUT2D eigenvalue weighted by molar-refractivity contribution is 5.95. The van der Waals surface area contributed by atoms with E-state index >= 15 is 0 Å². The molecule has 0 fully saturated rings. The minimum absolute atomic E-state index is 0.338. The zero-order chi connectivity index (χ0) is 15.1. The van der Waals surface area contributed by atoms with Gasteiger partial charge in [0.05, 0.1) is 18.9 Å². The van der Waals surface area contributed by atoms with Crippen molar-refractivity contribution in [1.29, 1.82) is 0 Å². The van der Waals surface area contributed by atoms with Crippen LogP contribution in [0.25, 0.3) is 0 Å². The average Bonchev–Trinajstić information content (AvgIpc) is 2.37. The standard InChI is InChI=1S/C13H16N2O5/c1-14-9-4-2-8(3-5-9)13(20)15-10(6-11(16)17)7-12(18)19/h2-5,10,14H,6-7H2,1H3,(H,15,20)(H,16,17)(H,18,19). The van der Waals surface area contributed by atoms with E-state index in [0.717, 1.165) is 5.69 Å². The molecule has 0 radical (unpaired) electrons. The Morgan fingerprint density at radius 1 is 1.05 bits per heavy atom. The van der Waals surface area contributed by atoms with E-state index in [4.69, 9.17) is 10.2 Å². The van der Waals surface area contributed by atoms with Gasteiger partial charge in [0, 0.05) is 18.3 Å². The largest absolute Gasteiger partial charge is 0.481 e. The van der Waals surface area contributed by atoms with Gasteiger partial charge < -0.3 is 20.8 Å². The lowest BCUT2D eigenvalue weighted by atomic mass is 10.1. The number of aliphatic carboxylic acids is 2. The van der Waals surface area contributed by atoms with Crippen LogP contribution in [0.3, 0.4) is 0 Å². The Labute approximate surface area is 115 Å². The van der Waals surface area contributed by atoms with Crippen molar-refractivity contribution in [2.24, 2.45) is 0 Å². The summed E-state index contributed by atoms with van der Waals surface area (Å²) in [6, 6.07) is 5.58. The third-order valence-electron chi connectivity index (χ3n) is 2.61. The number of amides is 1. The Kier molecular flexibility index (Phi) is 5.52. The summed E-state index contributed by atoms with van der Waals surface area (Å²) in [5.41, 5.74) is 1.17. The zero-order valence-corrected chi connectivity index (χ0v) is 10.9. The Balaban J connectivity index is 2.72. The fourth-order valence-corrected chi connectivity index (χ4v) is 1.65. The van der Waals surface area contributed by atoms with Crippen molar-refractivity contribution in [3.8, 4) is 0 Å². The van der Waals surface area contributed by atoms with Gasteiger partial charge in [-0.15, -0.1) is 0 Å². The van der Waals surface area contributed by atoms with Crippen molar-refractivity contribution in [2.45, 2.75) is 18.9 Å². The average molecular weight is 280 g/mol. The van der Waals surface area contributed by atoms with E-state index in [1.807, 2.05) is 0 Å². The van der Waals surface area contributed by atoms with Crippen molar-refractivity contribution in [2.75, 3.05) is 12.4 Å². The maximum Gasteiger partial charge on any atom is 0.305 e. The molecule has 0 heterocycles. The lowest BCUT2D eigenvalue weighted by molar-refractivity contribution is -0.139. The number of rotatable bonds is 7. The summed E-state index contributed by atoms with van der Waals surface area (Å²) in [5.74, 6) is -2.83. The van der Waals surface area contributed by atoms with Crippen LogP contribution in [0, 0.1) is 0 Å². The molecule has 1 rings (SSSR count). The molecule has 0 aliphatic carbocycles. The molecule has 0 aliphatic heterocycles. The Morgan fingerprint density at radius 2 is 1.55 bits per heavy atom. The minimum atomic E-state index is -1.16. The Bertz CT molecular complexity index is 482. The summed E-state index contributed by atoms with van der Waals surface area (Å²) in [5, 5.41) is 22.7. The second-order valence-electron chi connectivity index (χ2n) is 4.19. The van der Waals surface area contributed by atoms with E-state index in [1.165, 1.54) is 0 Å². The predicted molar refractivity (Wildman–Crippen MR) is 71.7 cm³/mol. The van der Waals surface area contributed by atoms with Crippen LogP contribution in [0.1, 0.15) is 23.2 Å². The first kappa shape index (κ1) is 15.5. The van der Waals surface area contributed by atoms with Crippen LogP contribution < -0.4 is 10.6 Å². The minimum Gasteiger partial charge on any atom is -0.481 e. The lowest BCUT2D eigenvalue weighted by Crippen LogP contribution is -2.38. The van der Waals surface area contributed by atoms with Crippen molar-refractivity contribution in [1.82, 2.24) is 5.32 Å². The predicted octanol–water partition coefficient (Wildman–Crippen LogP) is 0.776. The number of anilines is 1. The van der Waals surface area contributed by atoms with E-state index in [2.05, 4.69) is 10.6 Å². The molecule has 0 unspecified atom stereocenters. The smallest absolute Gasteiger partial charge is 0.305 e. The molecule has 1 amide bonds. The topological polar surface area (TPSA) is 116 Å². The number of carbonyl (C=O) groups excluding carboxylic acids is 1. The molecule has 108 valence electrons. The number of nitrogens with one attached hydrogen (secondary N) is 2. The normalized spacial score (nSPS) is 10.1. The van der Waals surface area contributed by atoms with E-state index in [-0.39, 0.29) is 0 Å². The van der Waals surface area contributed by atoms with Crippen molar-refractivity contribution < 1.29 is 24.6 Å². The molecule has 0 spiro atoms. The van der Waals surface area contributed by atoms with Gasteiger partial charge in [-0.3, -0.25) is 14.4 Å². The lowest BCUT2D eigenvalue weighted by Gasteiger charge is -2.15. The molecular weight excluding hydrogens is 264 g/mol. The van der Waals surface area contributed by atoms with Gasteiger partial charge in [0.25, 0.3) is 5.91 Å². The van der Waals surface area contributed by atoms with Gasteiger partial charge in [-0.2, -0.15) is 0 Å². The molecule has 7 heteroatoms. The Morgan fingerprint density at radius 3 is 1.95 bits per heavy atom. The summed E-state index contributed by atoms with van der Waals surface area (Å²) >= 11 is 0. The van der Waals surface area contributed by atoms with Crippen LogP contribution in [0.15, 0.2) is 24.3 Å². The van der Waals surface area contributed by atoms with Gasteiger partial charge in [0.2, 0.25) is 0 Å². The monoisotopic (exact) mass is 280 g/mol. The van der Waals surface area contributed by atoms with Crippen LogP contribution in [0.4, 0.5) is 5.69 Å². The molecule has 0 bridgehead atoms. The third kappa shape index (κ3) is 4.97. The fourth-order valence-electron chi connectivity index (χ4n) is 1.65. The summed E-state index contributed by atoms with van der Waals surface area (Å²) < 4.78 is 0. The van der Waals surface area contributed by atoms with Gasteiger partial charge in [-0.25, -0.2) is 0 Å². The van der Waals surface area contributed by atoms with Gasteiger partial charge in [-0.1, -0.05) is 0 Å². The summed E-state index contributed by atoms with van der Waals surface area (Å²) in [7, 11) is 1.74. The quantitative estimate of drug-likeness (QED) is 0.586. The first-order chi connectivity index (χ1) is 9.42. The number of carboxylic acids is 2. The summed E-state index contributed by atoms with van der Waals surface area (Å²) in [6.45, 7) is 0. The molecule has 0 saturated heterocycles. The first-order valence-electron chi connectivity index (χ1n) is 5.94. The van der Waals surface area contributed by atoms with Crippen molar-refractivity contribution in [3.63, 3.8) is 0 Å². The molecule has 20 heavy (non-hydrogen) atoms. The number of carbonyl (C=O) groups is 3. The van der Waals surface area contributed by atoms with Gasteiger partial charge >= 0.3 is 11.9 Å². The van der Waals surface area contributed by atoms with Crippen LogP contribution >= 0.6 is 0 Å². The van der Waals surface area contributed by atoms with E-state index < -0.39 is 36.7 Å². The highest BCUT2D eigenvalue weighted by atomic mass is 16.4. The van der Waals surface area contributed by atoms with E-state index in [9.17, 15) is 14.4 Å². The molecule has 0 aliphatic rings. The molecular formula is C13H16N2O5. The van der Waals surface area contributed by atoms with Gasteiger partial charge in [-0.05, 0) is 24.3 Å². The SMILES string of the molecule is CNc1ccc(C(=O)NC(CC(=O)O)CC(=O)O)cc1. The molecule has 1 aromatic rings. The van der Waals surface area contributed by atoms with Gasteiger partial charge in [0.1, 0.15) is 0 Å². The highest BCUT2D eigenvalue weighted by Gasteiger charge is 2.19. The number of hydrogen-bond donors (Lipinski definition) is 4. The maximum atomic E-state index is 11.9. The number of benzene rings is 1. The maximum absolute atomic E-state index is 11.9. The van der Waals surface area contributed by atoms with Crippen LogP contribution in [-0.4, -0.2) is 41.1 Å². The molecule has 1 aromatic carbocycles. The van der Waals surface area contributed by atoms with Crippen LogP contribution in [0.5, 0.6) is 0 Å². The summed E-state index contributed by atoms with van der Waals surface area (Å²) in [6.07, 6.45) is -0.876. The number of carboxylic acid groups (broad SMARTS) is 2. The first-order valence-corrected chi connectivity index (χ1v) is 5.94. The summed E-state index contributed by atoms with van der Waals surface area (Å²) in [4.78, 5) is 33.2. The second kappa shape index (κ2) is 7.13. The van der Waals surface area contributed by atoms with Crippen molar-refractivity contribution >= 4 is 23.5 Å². The molecule has 0 aromatic heterocycles. The fraction of sp³-hybridized carbons (Fsp3) is 0.308. The highest BCUT2D eigenvalue weighted by Crippen LogP contribution is 2.09.